The minimum absolute atomic E-state index is 0.154. The number of benzene rings is 2. The lowest BCUT2D eigenvalue weighted by Crippen LogP contribution is -2.32. The Kier molecular flexibility index (Phi) is 3.69. The van der Waals surface area contributed by atoms with E-state index >= 15 is 0 Å². The highest BCUT2D eigenvalue weighted by Gasteiger charge is 2.29. The Morgan fingerprint density at radius 1 is 1.25 bits per heavy atom. The Bertz CT molecular complexity index is 876. The molecule has 1 aliphatic heterocycles. The van der Waals surface area contributed by atoms with Crippen molar-refractivity contribution in [3.05, 3.63) is 54.1 Å². The molecule has 1 aromatic heterocycles. The molecule has 1 N–H and O–H groups in total. The fourth-order valence-electron chi connectivity index (χ4n) is 3.14. The van der Waals surface area contributed by atoms with Crippen LogP contribution in [-0.4, -0.2) is 21.6 Å². The number of nitrogens with zero attached hydrogens (tertiary/aromatic N) is 2. The van der Waals surface area contributed by atoms with Gasteiger partial charge in [-0.1, -0.05) is 37.3 Å². The summed E-state index contributed by atoms with van der Waals surface area (Å²) in [5.41, 5.74) is 2.99. The molecule has 0 bridgehead atoms. The summed E-state index contributed by atoms with van der Waals surface area (Å²) in [6, 6.07) is 15.7. The smallest absolute Gasteiger partial charge is 0.268 e. The van der Waals surface area contributed by atoms with E-state index in [1.807, 2.05) is 48.5 Å². The van der Waals surface area contributed by atoms with Crippen molar-refractivity contribution in [3.8, 4) is 5.75 Å². The first-order chi connectivity index (χ1) is 11.8. The molecule has 5 heteroatoms. The van der Waals surface area contributed by atoms with E-state index in [1.54, 1.807) is 0 Å². The molecule has 0 saturated carbocycles. The predicted molar refractivity (Wildman–Crippen MR) is 93.2 cm³/mol. The van der Waals surface area contributed by atoms with Gasteiger partial charge in [-0.25, -0.2) is 4.98 Å². The van der Waals surface area contributed by atoms with Gasteiger partial charge in [0.15, 0.2) is 6.10 Å². The first-order valence-corrected chi connectivity index (χ1v) is 8.27. The highest BCUT2D eigenvalue weighted by atomic mass is 16.5. The van der Waals surface area contributed by atoms with E-state index in [0.29, 0.717) is 12.4 Å². The lowest BCUT2D eigenvalue weighted by molar-refractivity contribution is -0.122. The van der Waals surface area contributed by atoms with Crippen LogP contribution in [0, 0.1) is 0 Å². The van der Waals surface area contributed by atoms with Crippen molar-refractivity contribution in [2.45, 2.75) is 32.4 Å². The van der Waals surface area contributed by atoms with Gasteiger partial charge in [0.25, 0.3) is 5.91 Å². The SMILES string of the molecule is CCCn1c(NC(=O)[C@H]2Cc3ccccc3O2)nc2ccccc21. The highest BCUT2D eigenvalue weighted by molar-refractivity contribution is 5.95. The molecule has 0 aliphatic carbocycles. The van der Waals surface area contributed by atoms with Crippen LogP contribution >= 0.6 is 0 Å². The van der Waals surface area contributed by atoms with Crippen molar-refractivity contribution in [1.82, 2.24) is 9.55 Å². The second-order valence-corrected chi connectivity index (χ2v) is 5.98. The summed E-state index contributed by atoms with van der Waals surface area (Å²) in [5, 5.41) is 2.95. The minimum atomic E-state index is -0.503. The van der Waals surface area contributed by atoms with Gasteiger partial charge in [-0.3, -0.25) is 10.1 Å². The number of fused-ring (bicyclic) bond motifs is 2. The van der Waals surface area contributed by atoms with Crippen LogP contribution < -0.4 is 10.1 Å². The zero-order valence-corrected chi connectivity index (χ0v) is 13.5. The standard InChI is InChI=1S/C19H19N3O2/c1-2-11-22-15-9-5-4-8-14(15)20-19(22)21-18(23)17-12-13-7-3-6-10-16(13)24-17/h3-10,17H,2,11-12H2,1H3,(H,20,21,23)/t17-/m1/s1. The summed E-state index contributed by atoms with van der Waals surface area (Å²) in [4.78, 5) is 17.2. The van der Waals surface area contributed by atoms with E-state index < -0.39 is 6.10 Å². The summed E-state index contributed by atoms with van der Waals surface area (Å²) in [6.07, 6.45) is 1.06. The fourth-order valence-corrected chi connectivity index (χ4v) is 3.14. The normalized spacial score (nSPS) is 16.0. The highest BCUT2D eigenvalue weighted by Crippen LogP contribution is 2.29. The van der Waals surface area contributed by atoms with Crippen LogP contribution in [0.4, 0.5) is 5.95 Å². The number of ether oxygens (including phenoxy) is 1. The number of hydrogen-bond acceptors (Lipinski definition) is 3. The predicted octanol–water partition coefficient (Wildman–Crippen LogP) is 3.39. The van der Waals surface area contributed by atoms with Crippen LogP contribution in [0.3, 0.4) is 0 Å². The third kappa shape index (κ3) is 2.52. The van der Waals surface area contributed by atoms with E-state index in [0.717, 1.165) is 35.3 Å². The van der Waals surface area contributed by atoms with E-state index in [9.17, 15) is 4.79 Å². The Balaban J connectivity index is 1.58. The molecule has 5 nitrogen and oxygen atoms in total. The van der Waals surface area contributed by atoms with Gasteiger partial charge >= 0.3 is 0 Å². The van der Waals surface area contributed by atoms with Crippen molar-refractivity contribution in [2.24, 2.45) is 0 Å². The first kappa shape index (κ1) is 14.8. The number of hydrogen-bond donors (Lipinski definition) is 1. The zero-order valence-electron chi connectivity index (χ0n) is 13.5. The number of carbonyl (C=O) groups excluding carboxylic acids is 1. The largest absolute Gasteiger partial charge is 0.480 e. The third-order valence-corrected chi connectivity index (χ3v) is 4.28. The van der Waals surface area contributed by atoms with Crippen LogP contribution in [0.5, 0.6) is 5.75 Å². The maximum atomic E-state index is 12.6. The van der Waals surface area contributed by atoms with Crippen LogP contribution in [0.1, 0.15) is 18.9 Å². The molecule has 24 heavy (non-hydrogen) atoms. The van der Waals surface area contributed by atoms with E-state index in [4.69, 9.17) is 4.74 Å². The molecule has 1 atom stereocenters. The van der Waals surface area contributed by atoms with Gasteiger partial charge in [0.1, 0.15) is 5.75 Å². The molecule has 0 unspecified atom stereocenters. The van der Waals surface area contributed by atoms with Gasteiger partial charge in [0.2, 0.25) is 5.95 Å². The van der Waals surface area contributed by atoms with Crippen LogP contribution in [-0.2, 0) is 17.8 Å². The number of para-hydroxylation sites is 3. The van der Waals surface area contributed by atoms with Gasteiger partial charge in [-0.15, -0.1) is 0 Å². The monoisotopic (exact) mass is 321 g/mol. The zero-order chi connectivity index (χ0) is 16.5. The van der Waals surface area contributed by atoms with E-state index in [-0.39, 0.29) is 5.91 Å². The van der Waals surface area contributed by atoms with Gasteiger partial charge < -0.3 is 9.30 Å². The number of aryl methyl sites for hydroxylation is 1. The van der Waals surface area contributed by atoms with Crippen molar-refractivity contribution >= 4 is 22.9 Å². The molecule has 3 aromatic rings. The number of rotatable bonds is 4. The van der Waals surface area contributed by atoms with Crippen LogP contribution in [0.15, 0.2) is 48.5 Å². The van der Waals surface area contributed by atoms with Gasteiger partial charge in [0.05, 0.1) is 11.0 Å². The summed E-state index contributed by atoms with van der Waals surface area (Å²) in [6.45, 7) is 2.92. The van der Waals surface area contributed by atoms with Crippen molar-refractivity contribution < 1.29 is 9.53 Å². The molecule has 2 aromatic carbocycles. The second-order valence-electron chi connectivity index (χ2n) is 5.98. The molecular weight excluding hydrogens is 302 g/mol. The molecule has 4 rings (SSSR count). The molecule has 1 amide bonds. The summed E-state index contributed by atoms with van der Waals surface area (Å²) < 4.78 is 7.82. The van der Waals surface area contributed by atoms with Crippen LogP contribution in [0.2, 0.25) is 0 Å². The molecular formula is C19H19N3O2. The lowest BCUT2D eigenvalue weighted by atomic mass is 10.1. The third-order valence-electron chi connectivity index (χ3n) is 4.28. The Morgan fingerprint density at radius 2 is 2.04 bits per heavy atom. The molecule has 2 heterocycles. The van der Waals surface area contributed by atoms with Crippen molar-refractivity contribution in [3.63, 3.8) is 0 Å². The average molecular weight is 321 g/mol. The molecule has 122 valence electrons. The molecule has 1 aliphatic rings. The number of anilines is 1. The van der Waals surface area contributed by atoms with Gasteiger partial charge in [-0.05, 0) is 30.2 Å². The molecule has 0 radical (unpaired) electrons. The summed E-state index contributed by atoms with van der Waals surface area (Å²) in [5.74, 6) is 1.22. The van der Waals surface area contributed by atoms with E-state index in [2.05, 4.69) is 21.8 Å². The van der Waals surface area contributed by atoms with Crippen molar-refractivity contribution in [2.75, 3.05) is 5.32 Å². The maximum absolute atomic E-state index is 12.6. The topological polar surface area (TPSA) is 56.2 Å². The molecule has 0 spiro atoms. The number of amides is 1. The summed E-state index contributed by atoms with van der Waals surface area (Å²) >= 11 is 0. The molecule has 0 saturated heterocycles. The fraction of sp³-hybridized carbons (Fsp3) is 0.263. The Morgan fingerprint density at radius 3 is 2.88 bits per heavy atom. The number of carbonyl (C=O) groups is 1. The Labute approximate surface area is 140 Å². The van der Waals surface area contributed by atoms with Crippen LogP contribution in [0.25, 0.3) is 11.0 Å². The number of aromatic nitrogens is 2. The quantitative estimate of drug-likeness (QED) is 0.801. The Hall–Kier alpha value is -2.82. The first-order valence-electron chi connectivity index (χ1n) is 8.27. The maximum Gasteiger partial charge on any atom is 0.268 e. The van der Waals surface area contributed by atoms with Gasteiger partial charge in [-0.2, -0.15) is 0 Å². The second kappa shape index (κ2) is 6.00. The van der Waals surface area contributed by atoms with Gasteiger partial charge in [0, 0.05) is 13.0 Å². The summed E-state index contributed by atoms with van der Waals surface area (Å²) in [7, 11) is 0. The van der Waals surface area contributed by atoms with Crippen molar-refractivity contribution in [1.29, 1.82) is 0 Å². The molecule has 0 fully saturated rings. The number of nitrogens with one attached hydrogen (secondary N) is 1. The number of imidazole rings is 1. The van der Waals surface area contributed by atoms with E-state index in [1.165, 1.54) is 0 Å². The lowest BCUT2D eigenvalue weighted by Gasteiger charge is -2.12. The minimum Gasteiger partial charge on any atom is -0.480 e. The average Bonchev–Trinajstić information content (AvgIpc) is 3.17.